The maximum atomic E-state index is 14.0. The molecule has 0 saturated heterocycles. The van der Waals surface area contributed by atoms with E-state index in [1.165, 1.54) is 24.1 Å². The number of hydrogen-bond acceptors (Lipinski definition) is 5. The molecule has 0 unspecified atom stereocenters. The Morgan fingerprint density at radius 3 is 2.12 bits per heavy atom. The molecule has 0 bridgehead atoms. The highest BCUT2D eigenvalue weighted by molar-refractivity contribution is 7.92. The van der Waals surface area contributed by atoms with Crippen LogP contribution in [0.3, 0.4) is 0 Å². The molecule has 3 aromatic rings. The number of benzene rings is 3. The van der Waals surface area contributed by atoms with Crippen molar-refractivity contribution in [2.75, 3.05) is 24.2 Å². The molecule has 2 amide bonds. The smallest absolute Gasteiger partial charge is 0.244 e. The van der Waals surface area contributed by atoms with Gasteiger partial charge in [0.05, 0.1) is 19.1 Å². The molecule has 1 N–H and O–H groups in total. The van der Waals surface area contributed by atoms with Crippen LogP contribution in [-0.2, 0) is 32.6 Å². The Morgan fingerprint density at radius 1 is 0.950 bits per heavy atom. The van der Waals surface area contributed by atoms with E-state index in [-0.39, 0.29) is 30.6 Å². The van der Waals surface area contributed by atoms with Crippen LogP contribution in [-0.4, -0.2) is 57.1 Å². The minimum Gasteiger partial charge on any atom is -0.497 e. The Hall–Kier alpha value is -3.92. The number of carbonyl (C=O) groups excluding carboxylic acids is 2. The lowest BCUT2D eigenvalue weighted by molar-refractivity contribution is -0.140. The van der Waals surface area contributed by atoms with Gasteiger partial charge in [-0.05, 0) is 60.9 Å². The first-order valence-corrected chi connectivity index (χ1v) is 14.9. The van der Waals surface area contributed by atoms with Crippen molar-refractivity contribution >= 4 is 27.5 Å². The van der Waals surface area contributed by atoms with E-state index in [9.17, 15) is 22.4 Å². The second kappa shape index (κ2) is 13.9. The number of sulfonamides is 1. The summed E-state index contributed by atoms with van der Waals surface area (Å²) in [6.45, 7) is 3.26. The molecule has 0 aromatic heterocycles. The molecule has 0 aliphatic rings. The molecule has 10 heteroatoms. The number of hydrogen-bond donors (Lipinski definition) is 1. The van der Waals surface area contributed by atoms with E-state index in [1.54, 1.807) is 36.4 Å². The summed E-state index contributed by atoms with van der Waals surface area (Å²) in [5.41, 5.74) is 1.71. The van der Waals surface area contributed by atoms with Crippen LogP contribution in [0.15, 0.2) is 78.9 Å². The number of nitrogens with one attached hydrogen (secondary N) is 1. The van der Waals surface area contributed by atoms with Crippen LogP contribution in [0.25, 0.3) is 0 Å². The average molecular weight is 570 g/mol. The number of rotatable bonds is 13. The molecular formula is C30H36FN3O5S. The van der Waals surface area contributed by atoms with Crippen molar-refractivity contribution in [3.8, 4) is 5.75 Å². The fourth-order valence-electron chi connectivity index (χ4n) is 4.14. The zero-order chi connectivity index (χ0) is 29.3. The second-order valence-corrected chi connectivity index (χ2v) is 11.5. The Kier molecular flexibility index (Phi) is 10.7. The molecule has 40 heavy (non-hydrogen) atoms. The van der Waals surface area contributed by atoms with Crippen molar-refractivity contribution in [2.24, 2.45) is 0 Å². The lowest BCUT2D eigenvalue weighted by Crippen LogP contribution is -2.54. The monoisotopic (exact) mass is 569 g/mol. The first-order chi connectivity index (χ1) is 19.0. The van der Waals surface area contributed by atoms with Crippen LogP contribution in [0.2, 0.25) is 0 Å². The van der Waals surface area contributed by atoms with Gasteiger partial charge in [-0.3, -0.25) is 13.9 Å². The van der Waals surface area contributed by atoms with E-state index in [2.05, 4.69) is 5.32 Å². The van der Waals surface area contributed by atoms with Gasteiger partial charge in [0.1, 0.15) is 24.2 Å². The van der Waals surface area contributed by atoms with Crippen LogP contribution in [0, 0.1) is 5.82 Å². The quantitative estimate of drug-likeness (QED) is 0.334. The van der Waals surface area contributed by atoms with Gasteiger partial charge >= 0.3 is 0 Å². The van der Waals surface area contributed by atoms with E-state index < -0.39 is 34.3 Å². The predicted molar refractivity (Wildman–Crippen MR) is 154 cm³/mol. The molecule has 0 fully saturated rings. The summed E-state index contributed by atoms with van der Waals surface area (Å²) in [6.07, 6.45) is 1.92. The molecule has 3 aromatic carbocycles. The summed E-state index contributed by atoms with van der Waals surface area (Å²) in [5, 5.41) is 2.97. The molecule has 0 heterocycles. The number of ether oxygens (including phenoxy) is 1. The van der Waals surface area contributed by atoms with E-state index in [4.69, 9.17) is 4.74 Å². The van der Waals surface area contributed by atoms with Crippen molar-refractivity contribution in [3.05, 3.63) is 95.8 Å². The summed E-state index contributed by atoms with van der Waals surface area (Å²) in [7, 11) is -2.38. The number of halogens is 1. The van der Waals surface area contributed by atoms with E-state index in [1.807, 2.05) is 44.2 Å². The molecule has 214 valence electrons. The molecule has 0 radical (unpaired) electrons. The van der Waals surface area contributed by atoms with Crippen molar-refractivity contribution in [3.63, 3.8) is 0 Å². The molecule has 0 spiro atoms. The van der Waals surface area contributed by atoms with Crippen molar-refractivity contribution < 1.29 is 27.1 Å². The Bertz CT molecular complexity index is 1370. The fraction of sp³-hybridized carbons (Fsp3) is 0.333. The SMILES string of the molecule is CC[C@H](C)NC(=O)[C@H](Cc1ccccc1)N(Cc1ccc(F)cc1)C(=O)CN(c1ccc(OC)cc1)S(C)(=O)=O. The van der Waals surface area contributed by atoms with Crippen LogP contribution >= 0.6 is 0 Å². The fourth-order valence-corrected chi connectivity index (χ4v) is 4.99. The molecule has 0 aliphatic carbocycles. The zero-order valence-electron chi connectivity index (χ0n) is 23.2. The van der Waals surface area contributed by atoms with Crippen molar-refractivity contribution in [1.82, 2.24) is 10.2 Å². The Balaban J connectivity index is 2.04. The summed E-state index contributed by atoms with van der Waals surface area (Å²) in [6, 6.07) is 20.1. The van der Waals surface area contributed by atoms with Gasteiger partial charge in [0.25, 0.3) is 0 Å². The highest BCUT2D eigenvalue weighted by Gasteiger charge is 2.33. The standard InChI is InChI=1S/C30H36FN3O5S/c1-5-22(2)32-30(36)28(19-23-9-7-6-8-10-23)33(20-24-11-13-25(31)14-12-24)29(35)21-34(40(4,37)38)26-15-17-27(39-3)18-16-26/h6-18,22,28H,5,19-21H2,1-4H3,(H,32,36)/t22-,28-/m0/s1. The topological polar surface area (TPSA) is 96.0 Å². The minimum absolute atomic E-state index is 0.0231. The highest BCUT2D eigenvalue weighted by atomic mass is 32.2. The molecule has 8 nitrogen and oxygen atoms in total. The van der Waals surface area contributed by atoms with Crippen LogP contribution in [0.1, 0.15) is 31.4 Å². The van der Waals surface area contributed by atoms with Crippen LogP contribution in [0.4, 0.5) is 10.1 Å². The Labute approximate surface area is 235 Å². The van der Waals surface area contributed by atoms with Gasteiger partial charge in [0.2, 0.25) is 21.8 Å². The third-order valence-electron chi connectivity index (χ3n) is 6.58. The number of carbonyl (C=O) groups is 2. The number of amides is 2. The minimum atomic E-state index is -3.88. The van der Waals surface area contributed by atoms with Gasteiger partial charge in [-0.2, -0.15) is 0 Å². The van der Waals surface area contributed by atoms with Crippen LogP contribution < -0.4 is 14.4 Å². The molecule has 2 atom stereocenters. The van der Waals surface area contributed by atoms with Gasteiger partial charge in [-0.25, -0.2) is 12.8 Å². The van der Waals surface area contributed by atoms with Gasteiger partial charge in [-0.15, -0.1) is 0 Å². The van der Waals surface area contributed by atoms with E-state index in [0.717, 1.165) is 16.1 Å². The maximum Gasteiger partial charge on any atom is 0.244 e. The van der Waals surface area contributed by atoms with Crippen molar-refractivity contribution in [1.29, 1.82) is 0 Å². The van der Waals surface area contributed by atoms with Gasteiger partial charge in [-0.1, -0.05) is 49.4 Å². The first kappa shape index (κ1) is 30.6. The Morgan fingerprint density at radius 2 is 1.57 bits per heavy atom. The summed E-state index contributed by atoms with van der Waals surface area (Å²) >= 11 is 0. The average Bonchev–Trinajstić information content (AvgIpc) is 2.94. The van der Waals surface area contributed by atoms with E-state index >= 15 is 0 Å². The zero-order valence-corrected chi connectivity index (χ0v) is 24.0. The molecule has 3 rings (SSSR count). The van der Waals surface area contributed by atoms with Gasteiger partial charge in [0.15, 0.2) is 0 Å². The lowest BCUT2D eigenvalue weighted by atomic mass is 10.0. The first-order valence-electron chi connectivity index (χ1n) is 13.0. The van der Waals surface area contributed by atoms with Crippen molar-refractivity contribution in [2.45, 2.75) is 45.3 Å². The van der Waals surface area contributed by atoms with Crippen LogP contribution in [0.5, 0.6) is 5.75 Å². The van der Waals surface area contributed by atoms with E-state index in [0.29, 0.717) is 17.7 Å². The predicted octanol–water partition coefficient (Wildman–Crippen LogP) is 4.16. The van der Waals surface area contributed by atoms with Gasteiger partial charge < -0.3 is 15.0 Å². The molecular weight excluding hydrogens is 533 g/mol. The highest BCUT2D eigenvalue weighted by Crippen LogP contribution is 2.23. The lowest BCUT2D eigenvalue weighted by Gasteiger charge is -2.34. The number of methoxy groups -OCH3 is 1. The summed E-state index contributed by atoms with van der Waals surface area (Å²) in [5.74, 6) is -0.833. The molecule has 0 aliphatic heterocycles. The summed E-state index contributed by atoms with van der Waals surface area (Å²) in [4.78, 5) is 29.0. The van der Waals surface area contributed by atoms with Gasteiger partial charge in [0, 0.05) is 19.0 Å². The third-order valence-corrected chi connectivity index (χ3v) is 7.72. The summed E-state index contributed by atoms with van der Waals surface area (Å²) < 4.78 is 45.5. The normalized spacial score (nSPS) is 12.7. The largest absolute Gasteiger partial charge is 0.497 e. The number of nitrogens with zero attached hydrogens (tertiary/aromatic N) is 2. The molecule has 0 saturated carbocycles. The maximum absolute atomic E-state index is 14.0. The third kappa shape index (κ3) is 8.54. The number of anilines is 1. The second-order valence-electron chi connectivity index (χ2n) is 9.64.